The summed E-state index contributed by atoms with van der Waals surface area (Å²) >= 11 is 0. The van der Waals surface area contributed by atoms with E-state index in [2.05, 4.69) is 45.3 Å². The molecule has 37 heavy (non-hydrogen) atoms. The summed E-state index contributed by atoms with van der Waals surface area (Å²) in [7, 11) is 4.19. The zero-order chi connectivity index (χ0) is 26.9. The van der Waals surface area contributed by atoms with Crippen LogP contribution in [0.4, 0.5) is 0 Å². The fraction of sp³-hybridized carbons (Fsp3) is 0.606. The Balaban J connectivity index is 1.68. The van der Waals surface area contributed by atoms with Crippen LogP contribution in [0.5, 0.6) is 5.75 Å². The van der Waals surface area contributed by atoms with Crippen molar-refractivity contribution >= 4 is 5.97 Å². The molecule has 0 N–H and O–H groups in total. The number of benzene rings is 2. The molecule has 2 aromatic carbocycles. The average molecular weight is 511 g/mol. The van der Waals surface area contributed by atoms with E-state index in [1.807, 2.05) is 44.2 Å². The van der Waals surface area contributed by atoms with Crippen LogP contribution >= 0.6 is 0 Å². The topological polar surface area (TPSA) is 35.5 Å². The molecule has 0 amide bonds. The maximum atomic E-state index is 12.9. The van der Waals surface area contributed by atoms with Gasteiger partial charge in [-0.05, 0) is 37.5 Å². The molecule has 0 fully saturated rings. The third-order valence-electron chi connectivity index (χ3n) is 7.23. The van der Waals surface area contributed by atoms with Gasteiger partial charge in [-0.2, -0.15) is 0 Å². The number of quaternary nitrogens is 1. The molecule has 0 aliphatic rings. The molecular weight excluding hydrogens is 458 g/mol. The molecule has 0 radical (unpaired) electrons. The van der Waals surface area contributed by atoms with E-state index in [0.717, 1.165) is 25.1 Å². The number of nitrogens with zero attached hydrogens (tertiary/aromatic N) is 1. The van der Waals surface area contributed by atoms with Gasteiger partial charge in [0.15, 0.2) is 6.04 Å². The van der Waals surface area contributed by atoms with E-state index in [1.165, 1.54) is 68.9 Å². The van der Waals surface area contributed by atoms with Gasteiger partial charge >= 0.3 is 5.97 Å². The van der Waals surface area contributed by atoms with E-state index < -0.39 is 0 Å². The van der Waals surface area contributed by atoms with Gasteiger partial charge in [0.25, 0.3) is 0 Å². The molecule has 2 unspecified atom stereocenters. The molecule has 4 heteroatoms. The van der Waals surface area contributed by atoms with Gasteiger partial charge in [-0.1, -0.05) is 108 Å². The standard InChI is InChI=1S/C33H52NO3/c1-6-8-9-10-11-12-13-14-16-19-29-22-24-31(25-23-29)37-28(3)27-36-33(35)32(7-2)34(4,5)26-30-20-17-15-18-21-30/h15,17-18,20-25,28,32H,6-14,16,19,26-27H2,1-5H3/q+1. The predicted octanol–water partition coefficient (Wildman–Crippen LogP) is 8.13. The third-order valence-corrected chi connectivity index (χ3v) is 7.23. The number of esters is 1. The Morgan fingerprint density at radius 3 is 1.97 bits per heavy atom. The number of aryl methyl sites for hydroxylation is 1. The Hall–Kier alpha value is -2.33. The number of hydrogen-bond acceptors (Lipinski definition) is 3. The number of ether oxygens (including phenoxy) is 2. The molecule has 2 atom stereocenters. The lowest BCUT2D eigenvalue weighted by molar-refractivity contribution is -0.919. The molecule has 0 aliphatic heterocycles. The Bertz CT molecular complexity index is 863. The van der Waals surface area contributed by atoms with Crippen LogP contribution in [0.15, 0.2) is 54.6 Å². The largest absolute Gasteiger partial charge is 0.487 e. The van der Waals surface area contributed by atoms with E-state index in [9.17, 15) is 4.79 Å². The Labute approximate surface area is 227 Å². The van der Waals surface area contributed by atoms with Crippen molar-refractivity contribution in [2.75, 3.05) is 20.7 Å². The van der Waals surface area contributed by atoms with Crippen molar-refractivity contribution < 1.29 is 18.8 Å². The van der Waals surface area contributed by atoms with Crippen LogP contribution in [0.3, 0.4) is 0 Å². The quantitative estimate of drug-likeness (QED) is 0.109. The summed E-state index contributed by atoms with van der Waals surface area (Å²) < 4.78 is 12.3. The highest BCUT2D eigenvalue weighted by atomic mass is 16.6. The lowest BCUT2D eigenvalue weighted by Gasteiger charge is -2.36. The van der Waals surface area contributed by atoms with E-state index in [1.54, 1.807) is 0 Å². The highest BCUT2D eigenvalue weighted by Crippen LogP contribution is 2.19. The number of carbonyl (C=O) groups is 1. The molecule has 2 rings (SSSR count). The smallest absolute Gasteiger partial charge is 0.365 e. The van der Waals surface area contributed by atoms with Gasteiger partial charge < -0.3 is 14.0 Å². The number of unbranched alkanes of at least 4 members (excludes halogenated alkanes) is 8. The second-order valence-corrected chi connectivity index (χ2v) is 11.1. The second kappa shape index (κ2) is 17.2. The molecule has 0 heterocycles. The summed E-state index contributed by atoms with van der Waals surface area (Å²) in [4.78, 5) is 12.9. The Morgan fingerprint density at radius 1 is 0.784 bits per heavy atom. The van der Waals surface area contributed by atoms with E-state index >= 15 is 0 Å². The fourth-order valence-corrected chi connectivity index (χ4v) is 5.05. The van der Waals surface area contributed by atoms with E-state index in [4.69, 9.17) is 9.47 Å². The van der Waals surface area contributed by atoms with E-state index in [-0.39, 0.29) is 24.7 Å². The van der Waals surface area contributed by atoms with Gasteiger partial charge in [0.1, 0.15) is 25.0 Å². The van der Waals surface area contributed by atoms with Gasteiger partial charge in [-0.15, -0.1) is 0 Å². The van der Waals surface area contributed by atoms with Crippen LogP contribution in [0, 0.1) is 0 Å². The fourth-order valence-electron chi connectivity index (χ4n) is 5.05. The lowest BCUT2D eigenvalue weighted by atomic mass is 10.0. The minimum atomic E-state index is -0.215. The predicted molar refractivity (Wildman–Crippen MR) is 155 cm³/mol. The van der Waals surface area contributed by atoms with Gasteiger partial charge in [-0.3, -0.25) is 0 Å². The van der Waals surface area contributed by atoms with Crippen LogP contribution in [0.25, 0.3) is 0 Å². The van der Waals surface area contributed by atoms with E-state index in [0.29, 0.717) is 4.48 Å². The van der Waals surface area contributed by atoms with Crippen LogP contribution in [0.2, 0.25) is 0 Å². The van der Waals surface area contributed by atoms with Gasteiger partial charge in [0.05, 0.1) is 14.1 Å². The summed E-state index contributed by atoms with van der Waals surface area (Å²) in [6.45, 7) is 7.31. The van der Waals surface area contributed by atoms with Crippen molar-refractivity contribution in [2.24, 2.45) is 0 Å². The van der Waals surface area contributed by atoms with Gasteiger partial charge in [0, 0.05) is 12.0 Å². The van der Waals surface area contributed by atoms with Crippen molar-refractivity contribution in [3.8, 4) is 5.75 Å². The van der Waals surface area contributed by atoms with Gasteiger partial charge in [-0.25, -0.2) is 4.79 Å². The molecule has 4 nitrogen and oxygen atoms in total. The first-order chi connectivity index (χ1) is 17.9. The zero-order valence-electron chi connectivity index (χ0n) is 24.2. The van der Waals surface area contributed by atoms with Crippen molar-refractivity contribution in [1.82, 2.24) is 0 Å². The number of rotatable bonds is 19. The maximum Gasteiger partial charge on any atom is 0.365 e. The summed E-state index contributed by atoms with van der Waals surface area (Å²) in [5.74, 6) is 0.668. The normalized spacial score (nSPS) is 13.2. The summed E-state index contributed by atoms with van der Waals surface area (Å²) in [5.41, 5.74) is 2.58. The molecule has 0 aromatic heterocycles. The Kier molecular flexibility index (Phi) is 14.4. The van der Waals surface area contributed by atoms with Crippen LogP contribution in [-0.4, -0.2) is 43.3 Å². The first-order valence-electron chi connectivity index (χ1n) is 14.6. The molecule has 206 valence electrons. The van der Waals surface area contributed by atoms with Crippen LogP contribution in [0.1, 0.15) is 96.1 Å². The summed E-state index contributed by atoms with van der Waals surface area (Å²) in [5, 5.41) is 0. The number of carbonyl (C=O) groups excluding carboxylic acids is 1. The first-order valence-corrected chi connectivity index (χ1v) is 14.6. The monoisotopic (exact) mass is 510 g/mol. The molecule has 0 spiro atoms. The SMILES string of the molecule is CCCCCCCCCCCc1ccc(OC(C)COC(=O)C(CC)[N+](C)(C)Cc2ccccc2)cc1. The molecule has 0 aliphatic carbocycles. The molecule has 0 bridgehead atoms. The number of likely N-dealkylation sites (N-methyl/N-ethyl adjacent to an activating group) is 1. The molecule has 0 saturated heterocycles. The lowest BCUT2D eigenvalue weighted by Crippen LogP contribution is -2.52. The van der Waals surface area contributed by atoms with Crippen molar-refractivity contribution in [3.63, 3.8) is 0 Å². The molecular formula is C33H52NO3+. The average Bonchev–Trinajstić information content (AvgIpc) is 2.88. The minimum Gasteiger partial charge on any atom is -0.487 e. The van der Waals surface area contributed by atoms with Crippen LogP contribution in [-0.2, 0) is 22.5 Å². The maximum absolute atomic E-state index is 12.9. The highest BCUT2D eigenvalue weighted by Gasteiger charge is 2.35. The van der Waals surface area contributed by atoms with Crippen molar-refractivity contribution in [1.29, 1.82) is 0 Å². The van der Waals surface area contributed by atoms with Crippen molar-refractivity contribution in [3.05, 3.63) is 65.7 Å². The minimum absolute atomic E-state index is 0.157. The first kappa shape index (κ1) is 30.9. The summed E-state index contributed by atoms with van der Waals surface area (Å²) in [6.07, 6.45) is 13.8. The van der Waals surface area contributed by atoms with Gasteiger partial charge in [0.2, 0.25) is 0 Å². The third kappa shape index (κ3) is 12.2. The Morgan fingerprint density at radius 2 is 1.38 bits per heavy atom. The number of hydrogen-bond donors (Lipinski definition) is 0. The summed E-state index contributed by atoms with van der Waals surface area (Å²) in [6, 6.07) is 18.5. The zero-order valence-corrected chi connectivity index (χ0v) is 24.2. The second-order valence-electron chi connectivity index (χ2n) is 11.1. The molecule has 0 saturated carbocycles. The van der Waals surface area contributed by atoms with Crippen LogP contribution < -0.4 is 4.74 Å². The van der Waals surface area contributed by atoms with Crippen molar-refractivity contribution in [2.45, 2.75) is 110 Å². The molecule has 2 aromatic rings. The highest BCUT2D eigenvalue weighted by molar-refractivity contribution is 5.74.